The summed E-state index contributed by atoms with van der Waals surface area (Å²) in [5.74, 6) is -3.58. The van der Waals surface area contributed by atoms with Crippen molar-refractivity contribution in [2.24, 2.45) is 0 Å². The van der Waals surface area contributed by atoms with Gasteiger partial charge in [0.15, 0.2) is 0 Å². The third-order valence-corrected chi connectivity index (χ3v) is 4.98. The van der Waals surface area contributed by atoms with E-state index < -0.39 is 42.4 Å². The fourth-order valence-electron chi connectivity index (χ4n) is 3.39. The summed E-state index contributed by atoms with van der Waals surface area (Å²) in [4.78, 5) is 49.2. The number of benzene rings is 2. The maximum atomic E-state index is 12.9. The summed E-state index contributed by atoms with van der Waals surface area (Å²) in [6, 6.07) is 13.7. The molecule has 2 aromatic carbocycles. The second-order valence-electron chi connectivity index (χ2n) is 7.15. The second-order valence-corrected chi connectivity index (χ2v) is 7.15. The Bertz CT molecular complexity index is 977. The molecule has 0 aromatic heterocycles. The van der Waals surface area contributed by atoms with Crippen molar-refractivity contribution < 1.29 is 34.1 Å². The molecule has 9 nitrogen and oxygen atoms in total. The Labute approximate surface area is 178 Å². The highest BCUT2D eigenvalue weighted by Gasteiger charge is 2.37. The van der Waals surface area contributed by atoms with E-state index in [1.54, 1.807) is 12.1 Å². The third kappa shape index (κ3) is 5.59. The quantitative estimate of drug-likeness (QED) is 0.615. The molecule has 0 fully saturated rings. The largest absolute Gasteiger partial charge is 0.481 e. The molecule has 0 aliphatic carbocycles. The van der Waals surface area contributed by atoms with Crippen LogP contribution in [0.25, 0.3) is 0 Å². The van der Waals surface area contributed by atoms with Crippen molar-refractivity contribution in [1.29, 1.82) is 0 Å². The molecule has 31 heavy (non-hydrogen) atoms. The van der Waals surface area contributed by atoms with Crippen LogP contribution in [-0.4, -0.2) is 51.1 Å². The van der Waals surface area contributed by atoms with Gasteiger partial charge in [0, 0.05) is 6.42 Å². The van der Waals surface area contributed by atoms with Crippen LogP contribution in [0.3, 0.4) is 0 Å². The lowest BCUT2D eigenvalue weighted by atomic mass is 9.93. The Morgan fingerprint density at radius 2 is 1.65 bits per heavy atom. The Balaban J connectivity index is 1.78. The molecule has 162 valence electrons. The highest BCUT2D eigenvalue weighted by Crippen LogP contribution is 2.24. The molecule has 0 saturated heterocycles. The normalized spacial score (nSPS) is 16.0. The Hall–Kier alpha value is -3.88. The zero-order chi connectivity index (χ0) is 22.4. The average molecular weight is 426 g/mol. The van der Waals surface area contributed by atoms with Crippen molar-refractivity contribution in [3.05, 3.63) is 71.3 Å². The summed E-state index contributed by atoms with van der Waals surface area (Å²) in [7, 11) is 0. The number of carboxylic acids is 2. The topological polar surface area (TPSA) is 133 Å². The summed E-state index contributed by atoms with van der Waals surface area (Å²) >= 11 is 0. The van der Waals surface area contributed by atoms with Crippen LogP contribution in [-0.2, 0) is 38.7 Å². The summed E-state index contributed by atoms with van der Waals surface area (Å²) in [6.07, 6.45) is -1.34. The van der Waals surface area contributed by atoms with Gasteiger partial charge in [0.05, 0.1) is 13.0 Å². The molecule has 0 radical (unpaired) electrons. The van der Waals surface area contributed by atoms with Gasteiger partial charge in [0.25, 0.3) is 0 Å². The number of hydrogen-bond acceptors (Lipinski definition) is 5. The van der Waals surface area contributed by atoms with Crippen LogP contribution in [0, 0.1) is 0 Å². The molecule has 9 heteroatoms. The van der Waals surface area contributed by atoms with Crippen LogP contribution in [0.5, 0.6) is 0 Å². The number of hydrogen-bond donors (Lipinski definition) is 3. The Morgan fingerprint density at radius 3 is 2.29 bits per heavy atom. The first-order valence-corrected chi connectivity index (χ1v) is 9.64. The van der Waals surface area contributed by atoms with E-state index in [2.05, 4.69) is 5.32 Å². The minimum Gasteiger partial charge on any atom is -0.481 e. The number of fused-ring (bicyclic) bond motifs is 1. The molecule has 0 saturated carbocycles. The smallest absolute Gasteiger partial charge is 0.411 e. The Morgan fingerprint density at radius 1 is 1.00 bits per heavy atom. The van der Waals surface area contributed by atoms with E-state index >= 15 is 0 Å². The van der Waals surface area contributed by atoms with E-state index in [0.29, 0.717) is 0 Å². The van der Waals surface area contributed by atoms with E-state index in [1.807, 2.05) is 42.5 Å². The highest BCUT2D eigenvalue weighted by atomic mass is 16.6. The number of nitrogens with one attached hydrogen (secondary N) is 1. The summed E-state index contributed by atoms with van der Waals surface area (Å²) in [5, 5.41) is 20.4. The molecular weight excluding hydrogens is 404 g/mol. The molecular formula is C22H22N2O7. The van der Waals surface area contributed by atoms with Crippen LogP contribution in [0.4, 0.5) is 4.79 Å². The SMILES string of the molecule is O=C(O)C[C@@H](NC(=O)[C@@H]1Cc2ccccc2CN1C(=O)OCc1ccccc1)C(=O)O. The molecule has 1 aliphatic rings. The van der Waals surface area contributed by atoms with Gasteiger partial charge in [-0.05, 0) is 16.7 Å². The standard InChI is InChI=1S/C22H22N2O7/c25-19(26)11-17(21(28)29)23-20(27)18-10-15-8-4-5-9-16(15)12-24(18)22(30)31-13-14-6-2-1-3-7-14/h1-9,17-18H,10-13H2,(H,23,27)(H,25,26)(H,28,29)/t17-,18+/m1/s1. The van der Waals surface area contributed by atoms with Gasteiger partial charge >= 0.3 is 18.0 Å². The molecule has 2 atom stereocenters. The van der Waals surface area contributed by atoms with E-state index in [1.165, 1.54) is 4.90 Å². The van der Waals surface area contributed by atoms with Gasteiger partial charge in [-0.25, -0.2) is 9.59 Å². The summed E-state index contributed by atoms with van der Waals surface area (Å²) in [6.45, 7) is 0.126. The van der Waals surface area contributed by atoms with Crippen molar-refractivity contribution >= 4 is 23.9 Å². The maximum absolute atomic E-state index is 12.9. The fourth-order valence-corrected chi connectivity index (χ4v) is 3.39. The molecule has 3 N–H and O–H groups in total. The predicted octanol–water partition coefficient (Wildman–Crippen LogP) is 1.79. The van der Waals surface area contributed by atoms with E-state index in [-0.39, 0.29) is 19.6 Å². The van der Waals surface area contributed by atoms with Crippen molar-refractivity contribution in [1.82, 2.24) is 10.2 Å². The van der Waals surface area contributed by atoms with Crippen molar-refractivity contribution in [2.45, 2.75) is 38.1 Å². The lowest BCUT2D eigenvalue weighted by Gasteiger charge is -2.35. The number of carbonyl (C=O) groups excluding carboxylic acids is 2. The number of ether oxygens (including phenoxy) is 1. The summed E-state index contributed by atoms with van der Waals surface area (Å²) in [5.41, 5.74) is 2.48. The lowest BCUT2D eigenvalue weighted by Crippen LogP contribution is -2.55. The number of carbonyl (C=O) groups is 4. The molecule has 1 heterocycles. The number of carboxylic acid groups (broad SMARTS) is 2. The van der Waals surface area contributed by atoms with E-state index in [9.17, 15) is 24.3 Å². The van der Waals surface area contributed by atoms with Gasteiger partial charge in [-0.3, -0.25) is 14.5 Å². The molecule has 2 aromatic rings. The Kier molecular flexibility index (Phi) is 6.86. The third-order valence-electron chi connectivity index (χ3n) is 4.98. The van der Waals surface area contributed by atoms with Gasteiger partial charge in [0.2, 0.25) is 5.91 Å². The van der Waals surface area contributed by atoms with Gasteiger partial charge < -0.3 is 20.3 Å². The number of rotatable bonds is 7. The van der Waals surface area contributed by atoms with Crippen molar-refractivity contribution in [2.75, 3.05) is 0 Å². The molecule has 0 unspecified atom stereocenters. The van der Waals surface area contributed by atoms with Gasteiger partial charge in [-0.1, -0.05) is 54.6 Å². The summed E-state index contributed by atoms with van der Waals surface area (Å²) < 4.78 is 5.38. The monoisotopic (exact) mass is 426 g/mol. The number of aliphatic carboxylic acids is 2. The van der Waals surface area contributed by atoms with Gasteiger partial charge in [0.1, 0.15) is 18.7 Å². The van der Waals surface area contributed by atoms with E-state index in [0.717, 1.165) is 16.7 Å². The fraction of sp³-hybridized carbons (Fsp3) is 0.273. The first kappa shape index (κ1) is 21.8. The second kappa shape index (κ2) is 9.75. The minimum atomic E-state index is -1.61. The van der Waals surface area contributed by atoms with Gasteiger partial charge in [-0.2, -0.15) is 0 Å². The van der Waals surface area contributed by atoms with Crippen molar-refractivity contribution in [3.8, 4) is 0 Å². The first-order valence-electron chi connectivity index (χ1n) is 9.64. The predicted molar refractivity (Wildman–Crippen MR) is 108 cm³/mol. The zero-order valence-electron chi connectivity index (χ0n) is 16.6. The van der Waals surface area contributed by atoms with Crippen LogP contribution in [0.1, 0.15) is 23.1 Å². The van der Waals surface area contributed by atoms with Crippen LogP contribution in [0.15, 0.2) is 54.6 Å². The molecule has 0 bridgehead atoms. The van der Waals surface area contributed by atoms with Gasteiger partial charge in [-0.15, -0.1) is 0 Å². The van der Waals surface area contributed by atoms with Crippen molar-refractivity contribution in [3.63, 3.8) is 0 Å². The molecule has 1 aliphatic heterocycles. The van der Waals surface area contributed by atoms with E-state index in [4.69, 9.17) is 9.84 Å². The zero-order valence-corrected chi connectivity index (χ0v) is 16.6. The minimum absolute atomic E-state index is 0.0168. The highest BCUT2D eigenvalue weighted by molar-refractivity contribution is 5.91. The average Bonchev–Trinajstić information content (AvgIpc) is 2.76. The number of nitrogens with zero attached hydrogens (tertiary/aromatic N) is 1. The molecule has 3 rings (SSSR count). The lowest BCUT2D eigenvalue weighted by molar-refractivity contribution is -0.147. The van der Waals surface area contributed by atoms with Crippen LogP contribution in [0.2, 0.25) is 0 Å². The first-order chi connectivity index (χ1) is 14.8. The van der Waals surface area contributed by atoms with Crippen LogP contribution < -0.4 is 5.32 Å². The number of amides is 2. The molecule has 0 spiro atoms. The maximum Gasteiger partial charge on any atom is 0.411 e. The molecule has 2 amide bonds. The van der Waals surface area contributed by atoms with Crippen LogP contribution >= 0.6 is 0 Å².